The van der Waals surface area contributed by atoms with E-state index >= 15 is 0 Å². The number of hydrogen-bond donors (Lipinski definition) is 1. The highest BCUT2D eigenvalue weighted by molar-refractivity contribution is 7.16. The van der Waals surface area contributed by atoms with Crippen molar-refractivity contribution in [2.45, 2.75) is 53.2 Å². The van der Waals surface area contributed by atoms with Gasteiger partial charge in [0.15, 0.2) is 6.10 Å². The zero-order chi connectivity index (χ0) is 20.4. The number of carbonyl (C=O) groups excluding carboxylic acids is 1. The second-order valence-electron chi connectivity index (χ2n) is 7.26. The lowest BCUT2D eigenvalue weighted by molar-refractivity contribution is -0.122. The van der Waals surface area contributed by atoms with Gasteiger partial charge in [-0.25, -0.2) is 0 Å². The smallest absolute Gasteiger partial charge is 0.308 e. The molecule has 1 heterocycles. The molecule has 2 aromatic carbocycles. The largest absolute Gasteiger partial charge is 0.481 e. The first-order valence-electron chi connectivity index (χ1n) is 9.50. The molecular formula is C22H26N2O3S. The van der Waals surface area contributed by atoms with Crippen molar-refractivity contribution in [1.29, 1.82) is 0 Å². The molecule has 3 aromatic rings. The van der Waals surface area contributed by atoms with Crippen LogP contribution in [0.2, 0.25) is 0 Å². The zero-order valence-corrected chi connectivity index (χ0v) is 17.7. The fourth-order valence-corrected chi connectivity index (χ4v) is 4.15. The Labute approximate surface area is 169 Å². The van der Waals surface area contributed by atoms with E-state index in [0.29, 0.717) is 17.9 Å². The normalized spacial score (nSPS) is 12.4. The first kappa shape index (κ1) is 20.1. The van der Waals surface area contributed by atoms with Crippen molar-refractivity contribution in [3.63, 3.8) is 0 Å². The molecule has 0 spiro atoms. The molecule has 6 heteroatoms. The number of benzene rings is 2. The van der Waals surface area contributed by atoms with Crippen LogP contribution in [0.25, 0.3) is 10.2 Å². The summed E-state index contributed by atoms with van der Waals surface area (Å²) in [5.41, 5.74) is 3.87. The monoisotopic (exact) mass is 398 g/mol. The minimum Gasteiger partial charge on any atom is -0.481 e. The van der Waals surface area contributed by atoms with Gasteiger partial charge in [-0.1, -0.05) is 24.3 Å². The van der Waals surface area contributed by atoms with E-state index in [1.54, 1.807) is 4.57 Å². The Balaban J connectivity index is 1.78. The number of ether oxygens (including phenoxy) is 1. The Morgan fingerprint density at radius 1 is 1.14 bits per heavy atom. The number of nitrogens with one attached hydrogen (secondary N) is 1. The molecule has 1 atom stereocenters. The van der Waals surface area contributed by atoms with Gasteiger partial charge in [0, 0.05) is 11.7 Å². The Hall–Kier alpha value is -2.60. The summed E-state index contributed by atoms with van der Waals surface area (Å²) in [4.78, 5) is 24.9. The summed E-state index contributed by atoms with van der Waals surface area (Å²) in [5.74, 6) is 0.489. The molecule has 1 amide bonds. The van der Waals surface area contributed by atoms with Gasteiger partial charge in [-0.05, 0) is 75.6 Å². The van der Waals surface area contributed by atoms with Gasteiger partial charge in [-0.15, -0.1) is 0 Å². The van der Waals surface area contributed by atoms with Crippen molar-refractivity contribution in [3.05, 3.63) is 57.2 Å². The molecule has 0 aliphatic heterocycles. The summed E-state index contributed by atoms with van der Waals surface area (Å²) in [5, 5.41) is 2.92. The molecule has 0 saturated heterocycles. The molecule has 0 aliphatic carbocycles. The second-order valence-corrected chi connectivity index (χ2v) is 8.26. The number of hydrogen-bond acceptors (Lipinski definition) is 4. The maximum atomic E-state index is 12.7. The highest BCUT2D eigenvalue weighted by atomic mass is 32.1. The summed E-state index contributed by atoms with van der Waals surface area (Å²) in [6.07, 6.45) is -0.0327. The van der Waals surface area contributed by atoms with Crippen LogP contribution in [0.5, 0.6) is 5.75 Å². The van der Waals surface area contributed by atoms with Crippen LogP contribution in [0.15, 0.2) is 41.2 Å². The maximum absolute atomic E-state index is 12.7. The Morgan fingerprint density at radius 2 is 1.89 bits per heavy atom. The molecule has 0 fully saturated rings. The minimum atomic E-state index is -0.586. The van der Waals surface area contributed by atoms with Crippen molar-refractivity contribution in [1.82, 2.24) is 4.57 Å². The number of fused-ring (bicyclic) bond motifs is 1. The van der Waals surface area contributed by atoms with E-state index in [1.165, 1.54) is 16.9 Å². The van der Waals surface area contributed by atoms with Crippen LogP contribution in [0, 0.1) is 13.8 Å². The van der Waals surface area contributed by atoms with Crippen molar-refractivity contribution in [2.75, 3.05) is 5.32 Å². The fraction of sp³-hybridized carbons (Fsp3) is 0.364. The van der Waals surface area contributed by atoms with Gasteiger partial charge < -0.3 is 10.1 Å². The summed E-state index contributed by atoms with van der Waals surface area (Å²) < 4.78 is 8.54. The minimum absolute atomic E-state index is 0.0120. The number of nitrogens with zero attached hydrogens (tertiary/aromatic N) is 1. The molecule has 148 valence electrons. The maximum Gasteiger partial charge on any atom is 0.308 e. The van der Waals surface area contributed by atoms with Crippen molar-refractivity contribution in [2.24, 2.45) is 0 Å². The van der Waals surface area contributed by atoms with Crippen LogP contribution in [-0.4, -0.2) is 16.6 Å². The standard InChI is InChI=1S/C22H26N2O3S/c1-6-19(27-17-9-7-14(4)15(5)11-17)21(25)23-16-8-10-18-20(12-16)28-22(26)24(18)13(2)3/h7-13,19H,6H2,1-5H3,(H,23,25)/t19-/m0/s1. The molecule has 1 aromatic heterocycles. The lowest BCUT2D eigenvalue weighted by Gasteiger charge is -2.18. The van der Waals surface area contributed by atoms with E-state index in [1.807, 2.05) is 71.0 Å². The average Bonchev–Trinajstić information content (AvgIpc) is 2.97. The van der Waals surface area contributed by atoms with E-state index < -0.39 is 6.10 Å². The summed E-state index contributed by atoms with van der Waals surface area (Å²) in [6.45, 7) is 9.95. The Bertz CT molecular complexity index is 1070. The lowest BCUT2D eigenvalue weighted by atomic mass is 10.1. The van der Waals surface area contributed by atoms with Crippen LogP contribution in [0.1, 0.15) is 44.4 Å². The van der Waals surface area contributed by atoms with Crippen molar-refractivity contribution in [3.8, 4) is 5.75 Å². The van der Waals surface area contributed by atoms with E-state index in [2.05, 4.69) is 5.32 Å². The van der Waals surface area contributed by atoms with E-state index in [0.717, 1.165) is 15.8 Å². The molecule has 5 nitrogen and oxygen atoms in total. The van der Waals surface area contributed by atoms with Gasteiger partial charge in [-0.2, -0.15) is 0 Å². The van der Waals surface area contributed by atoms with Crippen LogP contribution in [0.4, 0.5) is 5.69 Å². The molecule has 0 radical (unpaired) electrons. The first-order valence-corrected chi connectivity index (χ1v) is 10.3. The number of aromatic nitrogens is 1. The van der Waals surface area contributed by atoms with Gasteiger partial charge in [0.1, 0.15) is 5.75 Å². The Morgan fingerprint density at radius 3 is 2.54 bits per heavy atom. The fourth-order valence-electron chi connectivity index (χ4n) is 3.10. The van der Waals surface area contributed by atoms with Gasteiger partial charge >= 0.3 is 4.87 Å². The molecule has 0 unspecified atom stereocenters. The van der Waals surface area contributed by atoms with Gasteiger partial charge in [-0.3, -0.25) is 14.2 Å². The van der Waals surface area contributed by atoms with E-state index in [4.69, 9.17) is 4.74 Å². The number of carbonyl (C=O) groups is 1. The van der Waals surface area contributed by atoms with Crippen LogP contribution in [-0.2, 0) is 4.79 Å². The average molecular weight is 399 g/mol. The number of anilines is 1. The third-order valence-electron chi connectivity index (χ3n) is 4.82. The van der Waals surface area contributed by atoms with E-state index in [9.17, 15) is 9.59 Å². The van der Waals surface area contributed by atoms with Crippen LogP contribution < -0.4 is 14.9 Å². The van der Waals surface area contributed by atoms with Crippen molar-refractivity contribution < 1.29 is 9.53 Å². The third kappa shape index (κ3) is 4.12. The Kier molecular flexibility index (Phi) is 5.89. The summed E-state index contributed by atoms with van der Waals surface area (Å²) in [6, 6.07) is 11.5. The predicted octanol–water partition coefficient (Wildman–Crippen LogP) is 5.06. The first-order chi connectivity index (χ1) is 13.3. The number of thiazole rings is 1. The molecule has 1 N–H and O–H groups in total. The quantitative estimate of drug-likeness (QED) is 0.631. The topological polar surface area (TPSA) is 60.3 Å². The molecule has 0 aliphatic rings. The number of amides is 1. The molecular weight excluding hydrogens is 372 g/mol. The van der Waals surface area contributed by atoms with Gasteiger partial charge in [0.2, 0.25) is 0 Å². The van der Waals surface area contributed by atoms with Crippen molar-refractivity contribution >= 4 is 33.1 Å². The van der Waals surface area contributed by atoms with E-state index in [-0.39, 0.29) is 16.8 Å². The van der Waals surface area contributed by atoms with Gasteiger partial charge in [0.25, 0.3) is 5.91 Å². The lowest BCUT2D eigenvalue weighted by Crippen LogP contribution is -2.32. The highest BCUT2D eigenvalue weighted by Crippen LogP contribution is 2.25. The SMILES string of the molecule is CC[C@H](Oc1ccc(C)c(C)c1)C(=O)Nc1ccc2c(c1)sc(=O)n2C(C)C. The predicted molar refractivity (Wildman–Crippen MR) is 116 cm³/mol. The summed E-state index contributed by atoms with van der Waals surface area (Å²) in [7, 11) is 0. The number of aryl methyl sites for hydroxylation is 2. The molecule has 28 heavy (non-hydrogen) atoms. The molecule has 3 rings (SSSR count). The highest BCUT2D eigenvalue weighted by Gasteiger charge is 2.19. The third-order valence-corrected chi connectivity index (χ3v) is 5.74. The van der Waals surface area contributed by atoms with Gasteiger partial charge in [0.05, 0.1) is 10.2 Å². The number of rotatable bonds is 6. The van der Waals surface area contributed by atoms with Crippen LogP contribution in [0.3, 0.4) is 0 Å². The van der Waals surface area contributed by atoms with Crippen LogP contribution >= 0.6 is 11.3 Å². The molecule has 0 saturated carbocycles. The zero-order valence-electron chi connectivity index (χ0n) is 16.9. The molecule has 0 bridgehead atoms. The second kappa shape index (κ2) is 8.19. The summed E-state index contributed by atoms with van der Waals surface area (Å²) >= 11 is 1.19.